The molecule has 0 N–H and O–H groups in total. The number of benzene rings is 3. The standard InChI is InChI=1S/C17H14O3S.Mg.2H/c1-2-12-21(18,19)20-17-9-5-8-15-14-7-4-3-6-13(14)10-11-16(15)17;;;/h2-11H,1,12H2;;;. The smallest absolute Gasteiger partial charge is 0.316 e. The predicted octanol–water partition coefficient (Wildman–Crippen LogP) is 2.97. The Balaban J connectivity index is 0.00000176. The summed E-state index contributed by atoms with van der Waals surface area (Å²) >= 11 is 0. The SMILES string of the molecule is C=CCS(=O)(=O)Oc1cccc2c1ccc1ccccc12.[MgH2]. The highest BCUT2D eigenvalue weighted by Crippen LogP contribution is 2.32. The monoisotopic (exact) mass is 324 g/mol. The molecule has 0 aromatic heterocycles. The van der Waals surface area contributed by atoms with Gasteiger partial charge in [0.2, 0.25) is 0 Å². The maximum atomic E-state index is 11.8. The second-order valence-electron chi connectivity index (χ2n) is 4.73. The molecule has 0 saturated heterocycles. The lowest BCUT2D eigenvalue weighted by atomic mass is 10.0. The first-order chi connectivity index (χ1) is 10.1. The maximum Gasteiger partial charge on any atom is 0.316 e. The molecule has 0 heterocycles. The molecule has 0 atom stereocenters. The number of rotatable bonds is 4. The molecule has 3 aromatic rings. The van der Waals surface area contributed by atoms with E-state index in [1.54, 1.807) is 12.1 Å². The van der Waals surface area contributed by atoms with Crippen LogP contribution in [0.25, 0.3) is 21.5 Å². The van der Waals surface area contributed by atoms with E-state index in [1.807, 2.05) is 42.5 Å². The second kappa shape index (κ2) is 6.68. The van der Waals surface area contributed by atoms with Gasteiger partial charge in [-0.2, -0.15) is 8.42 Å². The van der Waals surface area contributed by atoms with Crippen LogP contribution < -0.4 is 4.18 Å². The molecule has 0 radical (unpaired) electrons. The van der Waals surface area contributed by atoms with E-state index in [2.05, 4.69) is 6.58 Å². The molecule has 0 aliphatic carbocycles. The third-order valence-electron chi connectivity index (χ3n) is 3.29. The van der Waals surface area contributed by atoms with E-state index in [0.29, 0.717) is 5.75 Å². The van der Waals surface area contributed by atoms with Crippen molar-refractivity contribution in [2.75, 3.05) is 5.75 Å². The van der Waals surface area contributed by atoms with E-state index in [9.17, 15) is 8.42 Å². The molecule has 0 fully saturated rings. The summed E-state index contributed by atoms with van der Waals surface area (Å²) in [5.74, 6) is 0.136. The van der Waals surface area contributed by atoms with Gasteiger partial charge in [-0.1, -0.05) is 48.5 Å². The molecule has 0 unspecified atom stereocenters. The van der Waals surface area contributed by atoms with Gasteiger partial charge in [0.15, 0.2) is 0 Å². The van der Waals surface area contributed by atoms with Crippen molar-refractivity contribution in [3.05, 3.63) is 67.3 Å². The van der Waals surface area contributed by atoms with Crippen LogP contribution >= 0.6 is 0 Å². The van der Waals surface area contributed by atoms with Gasteiger partial charge in [-0.15, -0.1) is 6.58 Å². The summed E-state index contributed by atoms with van der Waals surface area (Å²) in [5.41, 5.74) is 0. The van der Waals surface area contributed by atoms with Gasteiger partial charge < -0.3 is 4.18 Å². The van der Waals surface area contributed by atoms with Crippen LogP contribution in [0.4, 0.5) is 0 Å². The van der Waals surface area contributed by atoms with Crippen molar-refractivity contribution in [3.63, 3.8) is 0 Å². The zero-order valence-electron chi connectivity index (χ0n) is 11.3. The van der Waals surface area contributed by atoms with E-state index < -0.39 is 10.1 Å². The molecule has 0 bridgehead atoms. The zero-order valence-corrected chi connectivity index (χ0v) is 12.1. The summed E-state index contributed by atoms with van der Waals surface area (Å²) in [6.07, 6.45) is 1.32. The van der Waals surface area contributed by atoms with Gasteiger partial charge >= 0.3 is 33.2 Å². The largest absolute Gasteiger partial charge is 0.382 e. The number of hydrogen-bond acceptors (Lipinski definition) is 3. The molecule has 0 amide bonds. The Morgan fingerprint density at radius 3 is 2.41 bits per heavy atom. The molecule has 110 valence electrons. The fraction of sp³-hybridized carbons (Fsp3) is 0.0588. The Morgan fingerprint density at radius 1 is 0.909 bits per heavy atom. The third-order valence-corrected chi connectivity index (χ3v) is 4.36. The van der Waals surface area contributed by atoms with Crippen LogP contribution in [0.5, 0.6) is 5.75 Å². The quantitative estimate of drug-likeness (QED) is 0.321. The first-order valence-corrected chi connectivity index (χ1v) is 8.12. The number of hydrogen-bond donors (Lipinski definition) is 0. The Bertz CT molecular complexity index is 933. The van der Waals surface area contributed by atoms with E-state index in [-0.39, 0.29) is 28.8 Å². The molecule has 0 saturated carbocycles. The number of fused-ring (bicyclic) bond motifs is 3. The average molecular weight is 325 g/mol. The van der Waals surface area contributed by atoms with E-state index >= 15 is 0 Å². The van der Waals surface area contributed by atoms with Crippen LogP contribution in [0.1, 0.15) is 0 Å². The van der Waals surface area contributed by atoms with Crippen molar-refractivity contribution in [1.29, 1.82) is 0 Å². The topological polar surface area (TPSA) is 43.4 Å². The van der Waals surface area contributed by atoms with Gasteiger partial charge in [-0.25, -0.2) is 0 Å². The van der Waals surface area contributed by atoms with Gasteiger partial charge in [0, 0.05) is 5.39 Å². The summed E-state index contributed by atoms with van der Waals surface area (Å²) in [7, 11) is -3.65. The predicted molar refractivity (Wildman–Crippen MR) is 94.6 cm³/mol. The highest BCUT2D eigenvalue weighted by atomic mass is 32.2. The minimum absolute atomic E-state index is 0. The Morgan fingerprint density at radius 2 is 1.64 bits per heavy atom. The highest BCUT2D eigenvalue weighted by molar-refractivity contribution is 7.87. The van der Waals surface area contributed by atoms with E-state index in [0.717, 1.165) is 21.5 Å². The lowest BCUT2D eigenvalue weighted by Crippen LogP contribution is -2.12. The first-order valence-electron chi connectivity index (χ1n) is 6.54. The summed E-state index contributed by atoms with van der Waals surface area (Å²) in [5, 5.41) is 3.93. The zero-order chi connectivity index (χ0) is 14.9. The van der Waals surface area contributed by atoms with Crippen LogP contribution in [0.3, 0.4) is 0 Å². The van der Waals surface area contributed by atoms with Crippen molar-refractivity contribution < 1.29 is 12.6 Å². The normalized spacial score (nSPS) is 11.1. The molecule has 0 aliphatic heterocycles. The molecule has 3 rings (SSSR count). The molecular weight excluding hydrogens is 309 g/mol. The summed E-state index contributed by atoms with van der Waals surface area (Å²) < 4.78 is 28.8. The van der Waals surface area contributed by atoms with Gasteiger partial charge in [-0.05, 0) is 28.3 Å². The Kier molecular flexibility index (Phi) is 5.11. The summed E-state index contributed by atoms with van der Waals surface area (Å²) in [6, 6.07) is 17.3. The van der Waals surface area contributed by atoms with Crippen molar-refractivity contribution >= 4 is 54.7 Å². The lowest BCUT2D eigenvalue weighted by molar-refractivity contribution is 0.492. The third kappa shape index (κ3) is 3.26. The summed E-state index contributed by atoms with van der Waals surface area (Å²) in [4.78, 5) is 0. The molecule has 0 aliphatic rings. The van der Waals surface area contributed by atoms with Gasteiger partial charge in [0.25, 0.3) is 0 Å². The van der Waals surface area contributed by atoms with Crippen LogP contribution in [-0.4, -0.2) is 37.2 Å². The van der Waals surface area contributed by atoms with Crippen LogP contribution in [0, 0.1) is 0 Å². The fourth-order valence-corrected chi connectivity index (χ4v) is 3.17. The van der Waals surface area contributed by atoms with Crippen molar-refractivity contribution in [2.45, 2.75) is 0 Å². The molecular formula is C17H16MgO3S. The minimum Gasteiger partial charge on any atom is -0.382 e. The maximum absolute atomic E-state index is 11.8. The van der Waals surface area contributed by atoms with Crippen LogP contribution in [-0.2, 0) is 10.1 Å². The lowest BCUT2D eigenvalue weighted by Gasteiger charge is -2.10. The van der Waals surface area contributed by atoms with Crippen molar-refractivity contribution in [1.82, 2.24) is 0 Å². The molecule has 0 spiro atoms. The molecule has 3 nitrogen and oxygen atoms in total. The van der Waals surface area contributed by atoms with Crippen molar-refractivity contribution in [2.24, 2.45) is 0 Å². The van der Waals surface area contributed by atoms with E-state index in [1.165, 1.54) is 6.08 Å². The Hall–Kier alpha value is -1.56. The van der Waals surface area contributed by atoms with Gasteiger partial charge in [-0.3, -0.25) is 0 Å². The molecule has 22 heavy (non-hydrogen) atoms. The van der Waals surface area contributed by atoms with Gasteiger partial charge in [0.1, 0.15) is 11.5 Å². The van der Waals surface area contributed by atoms with Gasteiger partial charge in [0.05, 0.1) is 0 Å². The minimum atomic E-state index is -3.65. The molecule has 3 aromatic carbocycles. The van der Waals surface area contributed by atoms with Crippen LogP contribution in [0.15, 0.2) is 67.3 Å². The first kappa shape index (κ1) is 16.8. The Labute approximate surface area is 145 Å². The fourth-order valence-electron chi connectivity index (χ4n) is 2.40. The second-order valence-corrected chi connectivity index (χ2v) is 6.35. The molecule has 5 heteroatoms. The average Bonchev–Trinajstić information content (AvgIpc) is 2.47. The van der Waals surface area contributed by atoms with Crippen molar-refractivity contribution in [3.8, 4) is 5.75 Å². The van der Waals surface area contributed by atoms with E-state index in [4.69, 9.17) is 4.18 Å². The summed E-state index contributed by atoms with van der Waals surface area (Å²) in [6.45, 7) is 3.43. The van der Waals surface area contributed by atoms with Crippen LogP contribution in [0.2, 0.25) is 0 Å². The highest BCUT2D eigenvalue weighted by Gasteiger charge is 2.13.